The van der Waals surface area contributed by atoms with Gasteiger partial charge in [0.1, 0.15) is 0 Å². The second kappa shape index (κ2) is 5.60. The van der Waals surface area contributed by atoms with E-state index >= 15 is 0 Å². The highest BCUT2D eigenvalue weighted by Crippen LogP contribution is 2.44. The van der Waals surface area contributed by atoms with Crippen LogP contribution in [0.25, 0.3) is 0 Å². The number of rotatable bonds is 4. The van der Waals surface area contributed by atoms with Gasteiger partial charge in [-0.25, -0.2) is 0 Å². The minimum absolute atomic E-state index is 0.0353. The second-order valence-corrected chi connectivity index (χ2v) is 6.57. The number of carbonyl (C=O) groups is 1. The Balaban J connectivity index is 2.03. The van der Waals surface area contributed by atoms with Gasteiger partial charge in [0.25, 0.3) is 0 Å². The van der Waals surface area contributed by atoms with Crippen molar-refractivity contribution in [1.29, 1.82) is 0 Å². The third-order valence-electron chi connectivity index (χ3n) is 4.66. The molecule has 2 unspecified atom stereocenters. The smallest absolute Gasteiger partial charge is 0.306 e. The van der Waals surface area contributed by atoms with Crippen molar-refractivity contribution in [2.45, 2.75) is 64.4 Å². The Morgan fingerprint density at radius 1 is 1.39 bits per heavy atom. The molecule has 3 heteroatoms. The van der Waals surface area contributed by atoms with E-state index in [9.17, 15) is 9.90 Å². The maximum Gasteiger partial charge on any atom is 0.306 e. The molecule has 2 aliphatic rings. The molecule has 0 aromatic heterocycles. The predicted molar refractivity (Wildman–Crippen MR) is 70.5 cm³/mol. The van der Waals surface area contributed by atoms with Crippen LogP contribution in [0.5, 0.6) is 0 Å². The summed E-state index contributed by atoms with van der Waals surface area (Å²) in [5.74, 6) is -0.0136. The molecule has 1 aliphatic carbocycles. The average molecular weight is 254 g/mol. The Morgan fingerprint density at radius 3 is 2.61 bits per heavy atom. The SMILES string of the molecule is CC(C)CC(C(=O)O)C1CCOC2(CCCC2)C1. The van der Waals surface area contributed by atoms with E-state index in [0.717, 1.165) is 38.7 Å². The fraction of sp³-hybridized carbons (Fsp3) is 0.933. The predicted octanol–water partition coefficient (Wildman–Crippen LogP) is 3.47. The zero-order valence-corrected chi connectivity index (χ0v) is 11.7. The highest BCUT2D eigenvalue weighted by atomic mass is 16.5. The van der Waals surface area contributed by atoms with E-state index in [1.54, 1.807) is 0 Å². The quantitative estimate of drug-likeness (QED) is 0.835. The summed E-state index contributed by atoms with van der Waals surface area (Å²) in [5, 5.41) is 9.46. The van der Waals surface area contributed by atoms with Gasteiger partial charge in [0.15, 0.2) is 0 Å². The van der Waals surface area contributed by atoms with E-state index in [1.165, 1.54) is 12.8 Å². The summed E-state index contributed by atoms with van der Waals surface area (Å²) < 4.78 is 6.00. The lowest BCUT2D eigenvalue weighted by atomic mass is 9.75. The molecular formula is C15H26O3. The van der Waals surface area contributed by atoms with Crippen molar-refractivity contribution in [2.24, 2.45) is 17.8 Å². The average Bonchev–Trinajstić information content (AvgIpc) is 2.73. The van der Waals surface area contributed by atoms with E-state index in [-0.39, 0.29) is 11.5 Å². The van der Waals surface area contributed by atoms with Crippen LogP contribution in [-0.4, -0.2) is 23.3 Å². The van der Waals surface area contributed by atoms with E-state index in [2.05, 4.69) is 13.8 Å². The molecule has 2 fully saturated rings. The Morgan fingerprint density at radius 2 is 2.06 bits per heavy atom. The Hall–Kier alpha value is -0.570. The highest BCUT2D eigenvalue weighted by Gasteiger charge is 2.43. The number of hydrogen-bond donors (Lipinski definition) is 1. The maximum absolute atomic E-state index is 11.5. The van der Waals surface area contributed by atoms with Gasteiger partial charge in [-0.1, -0.05) is 26.7 Å². The minimum Gasteiger partial charge on any atom is -0.481 e. The summed E-state index contributed by atoms with van der Waals surface area (Å²) >= 11 is 0. The molecular weight excluding hydrogens is 228 g/mol. The number of ether oxygens (including phenoxy) is 1. The summed E-state index contributed by atoms with van der Waals surface area (Å²) in [6, 6.07) is 0. The topological polar surface area (TPSA) is 46.5 Å². The lowest BCUT2D eigenvalue weighted by Crippen LogP contribution is -2.41. The fourth-order valence-corrected chi connectivity index (χ4v) is 3.78. The van der Waals surface area contributed by atoms with Gasteiger partial charge < -0.3 is 9.84 Å². The van der Waals surface area contributed by atoms with Gasteiger partial charge in [-0.2, -0.15) is 0 Å². The molecule has 0 aromatic rings. The molecule has 1 spiro atoms. The van der Waals surface area contributed by atoms with Crippen LogP contribution in [-0.2, 0) is 9.53 Å². The zero-order chi connectivity index (χ0) is 13.2. The first kappa shape index (κ1) is 13.9. The summed E-state index contributed by atoms with van der Waals surface area (Å²) in [6.45, 7) is 4.98. The zero-order valence-electron chi connectivity index (χ0n) is 11.7. The fourth-order valence-electron chi connectivity index (χ4n) is 3.78. The third-order valence-corrected chi connectivity index (χ3v) is 4.66. The molecule has 2 rings (SSSR count). The van der Waals surface area contributed by atoms with Crippen LogP contribution in [0.15, 0.2) is 0 Å². The standard InChI is InChI=1S/C15H26O3/c1-11(2)9-13(14(16)17)12-5-8-18-15(10-12)6-3-4-7-15/h11-13H,3-10H2,1-2H3,(H,16,17). The van der Waals surface area contributed by atoms with Crippen molar-refractivity contribution in [2.75, 3.05) is 6.61 Å². The van der Waals surface area contributed by atoms with Crippen LogP contribution in [0.1, 0.15) is 58.8 Å². The molecule has 0 aromatic carbocycles. The Kier molecular flexibility index (Phi) is 4.31. The Bertz CT molecular complexity index is 292. The van der Waals surface area contributed by atoms with Crippen LogP contribution in [0.3, 0.4) is 0 Å². The first-order valence-corrected chi connectivity index (χ1v) is 7.39. The molecule has 1 heterocycles. The third kappa shape index (κ3) is 3.05. The summed E-state index contributed by atoms with van der Waals surface area (Å²) in [4.78, 5) is 11.5. The number of carboxylic acids is 1. The summed E-state index contributed by atoms with van der Waals surface area (Å²) in [5.41, 5.74) is 0.0353. The molecule has 104 valence electrons. The second-order valence-electron chi connectivity index (χ2n) is 6.57. The molecule has 2 atom stereocenters. The van der Waals surface area contributed by atoms with Crippen molar-refractivity contribution in [3.63, 3.8) is 0 Å². The molecule has 3 nitrogen and oxygen atoms in total. The molecule has 0 bridgehead atoms. The molecule has 1 saturated carbocycles. The van der Waals surface area contributed by atoms with Gasteiger partial charge in [0.2, 0.25) is 0 Å². The highest BCUT2D eigenvalue weighted by molar-refractivity contribution is 5.70. The van der Waals surface area contributed by atoms with E-state index in [4.69, 9.17) is 4.74 Å². The van der Waals surface area contributed by atoms with Gasteiger partial charge in [-0.05, 0) is 43.9 Å². The number of aliphatic carboxylic acids is 1. The van der Waals surface area contributed by atoms with Crippen LogP contribution >= 0.6 is 0 Å². The molecule has 0 amide bonds. The van der Waals surface area contributed by atoms with E-state index in [1.807, 2.05) is 0 Å². The number of hydrogen-bond acceptors (Lipinski definition) is 2. The van der Waals surface area contributed by atoms with Crippen molar-refractivity contribution in [3.05, 3.63) is 0 Å². The summed E-state index contributed by atoms with van der Waals surface area (Å²) in [7, 11) is 0. The first-order valence-electron chi connectivity index (χ1n) is 7.39. The van der Waals surface area contributed by atoms with E-state index in [0.29, 0.717) is 11.8 Å². The van der Waals surface area contributed by atoms with Crippen LogP contribution in [0, 0.1) is 17.8 Å². The van der Waals surface area contributed by atoms with Crippen LogP contribution in [0.4, 0.5) is 0 Å². The first-order chi connectivity index (χ1) is 8.52. The molecule has 18 heavy (non-hydrogen) atoms. The van der Waals surface area contributed by atoms with E-state index < -0.39 is 5.97 Å². The lowest BCUT2D eigenvalue weighted by Gasteiger charge is -2.40. The lowest BCUT2D eigenvalue weighted by molar-refractivity contribution is -0.150. The van der Waals surface area contributed by atoms with Crippen LogP contribution < -0.4 is 0 Å². The van der Waals surface area contributed by atoms with Gasteiger partial charge >= 0.3 is 5.97 Å². The molecule has 1 aliphatic heterocycles. The van der Waals surface area contributed by atoms with Gasteiger partial charge in [-0.3, -0.25) is 4.79 Å². The van der Waals surface area contributed by atoms with Gasteiger partial charge in [0, 0.05) is 6.61 Å². The normalized spacial score (nSPS) is 28.7. The van der Waals surface area contributed by atoms with Crippen molar-refractivity contribution >= 4 is 5.97 Å². The van der Waals surface area contributed by atoms with Crippen LogP contribution in [0.2, 0.25) is 0 Å². The number of carboxylic acid groups (broad SMARTS) is 1. The van der Waals surface area contributed by atoms with Crippen molar-refractivity contribution < 1.29 is 14.6 Å². The summed E-state index contributed by atoms with van der Waals surface area (Å²) in [6.07, 6.45) is 7.45. The largest absolute Gasteiger partial charge is 0.481 e. The Labute approximate surface area is 110 Å². The minimum atomic E-state index is -0.608. The molecule has 0 radical (unpaired) electrons. The van der Waals surface area contributed by atoms with Crippen molar-refractivity contribution in [3.8, 4) is 0 Å². The van der Waals surface area contributed by atoms with Crippen molar-refractivity contribution in [1.82, 2.24) is 0 Å². The van der Waals surface area contributed by atoms with Gasteiger partial charge in [-0.15, -0.1) is 0 Å². The molecule has 1 saturated heterocycles. The monoisotopic (exact) mass is 254 g/mol. The maximum atomic E-state index is 11.5. The molecule has 1 N–H and O–H groups in total. The van der Waals surface area contributed by atoms with Gasteiger partial charge in [0.05, 0.1) is 11.5 Å².